The van der Waals surface area contributed by atoms with E-state index >= 15 is 0 Å². The Kier molecular flexibility index (Phi) is 3.99. The highest BCUT2D eigenvalue weighted by molar-refractivity contribution is 5.67. The molecule has 2 rings (SSSR count). The van der Waals surface area contributed by atoms with Crippen molar-refractivity contribution in [1.82, 2.24) is 9.78 Å². The smallest absolute Gasteiger partial charge is 0.128 e. The minimum absolute atomic E-state index is 0.642. The molecule has 0 radical (unpaired) electrons. The second-order valence-corrected chi connectivity index (χ2v) is 4.09. The van der Waals surface area contributed by atoms with Gasteiger partial charge in [0.25, 0.3) is 0 Å². The average Bonchev–Trinajstić information content (AvgIpc) is 2.77. The molecule has 4 nitrogen and oxygen atoms in total. The van der Waals surface area contributed by atoms with Crippen LogP contribution in [0.15, 0.2) is 30.3 Å². The van der Waals surface area contributed by atoms with E-state index in [1.165, 1.54) is 0 Å². The number of benzene rings is 1. The van der Waals surface area contributed by atoms with Gasteiger partial charge in [0.2, 0.25) is 0 Å². The average molecular weight is 246 g/mol. The maximum absolute atomic E-state index is 5.40. The fourth-order valence-electron chi connectivity index (χ4n) is 1.97. The molecule has 0 aliphatic rings. The molecule has 1 heterocycles. The number of aromatic nitrogens is 2. The first-order valence-corrected chi connectivity index (χ1v) is 5.93. The van der Waals surface area contributed by atoms with Gasteiger partial charge in [-0.3, -0.25) is 4.68 Å². The van der Waals surface area contributed by atoms with Crippen molar-refractivity contribution >= 4 is 0 Å². The fraction of sp³-hybridized carbons (Fsp3) is 0.357. The van der Waals surface area contributed by atoms with Crippen molar-refractivity contribution in [2.75, 3.05) is 20.8 Å². The van der Waals surface area contributed by atoms with Crippen LogP contribution in [0.2, 0.25) is 0 Å². The molecule has 18 heavy (non-hydrogen) atoms. The SMILES string of the molecule is COCCn1nc(C)cc1-c1ccccc1OC. The van der Waals surface area contributed by atoms with Crippen molar-refractivity contribution in [3.05, 3.63) is 36.0 Å². The third-order valence-electron chi connectivity index (χ3n) is 2.79. The van der Waals surface area contributed by atoms with Gasteiger partial charge in [-0.2, -0.15) is 5.10 Å². The summed E-state index contributed by atoms with van der Waals surface area (Å²) in [4.78, 5) is 0. The number of hydrogen-bond donors (Lipinski definition) is 0. The summed E-state index contributed by atoms with van der Waals surface area (Å²) in [6, 6.07) is 10.0. The molecular weight excluding hydrogens is 228 g/mol. The Hall–Kier alpha value is -1.81. The first-order valence-electron chi connectivity index (χ1n) is 5.93. The van der Waals surface area contributed by atoms with E-state index in [1.54, 1.807) is 14.2 Å². The lowest BCUT2D eigenvalue weighted by atomic mass is 10.1. The zero-order chi connectivity index (χ0) is 13.0. The van der Waals surface area contributed by atoms with Gasteiger partial charge < -0.3 is 9.47 Å². The third-order valence-corrected chi connectivity index (χ3v) is 2.79. The molecule has 1 aromatic carbocycles. The number of aryl methyl sites for hydroxylation is 1. The van der Waals surface area contributed by atoms with Crippen LogP contribution in [0.25, 0.3) is 11.3 Å². The van der Waals surface area contributed by atoms with Crippen molar-refractivity contribution < 1.29 is 9.47 Å². The van der Waals surface area contributed by atoms with Crippen molar-refractivity contribution in [3.63, 3.8) is 0 Å². The highest BCUT2D eigenvalue weighted by atomic mass is 16.5. The molecule has 0 fully saturated rings. The Labute approximate surface area is 107 Å². The maximum Gasteiger partial charge on any atom is 0.128 e. The van der Waals surface area contributed by atoms with Crippen molar-refractivity contribution in [1.29, 1.82) is 0 Å². The molecule has 0 spiro atoms. The normalized spacial score (nSPS) is 10.6. The molecule has 0 unspecified atom stereocenters. The number of nitrogens with zero attached hydrogens (tertiary/aromatic N) is 2. The quantitative estimate of drug-likeness (QED) is 0.813. The van der Waals surface area contributed by atoms with Gasteiger partial charge in [-0.15, -0.1) is 0 Å². The summed E-state index contributed by atoms with van der Waals surface area (Å²) >= 11 is 0. The molecule has 0 N–H and O–H groups in total. The van der Waals surface area contributed by atoms with Gasteiger partial charge in [0, 0.05) is 12.7 Å². The minimum atomic E-state index is 0.642. The van der Waals surface area contributed by atoms with E-state index in [-0.39, 0.29) is 0 Å². The Balaban J connectivity index is 2.42. The van der Waals surface area contributed by atoms with Gasteiger partial charge in [0.15, 0.2) is 0 Å². The van der Waals surface area contributed by atoms with E-state index in [9.17, 15) is 0 Å². The maximum atomic E-state index is 5.40. The fourth-order valence-corrected chi connectivity index (χ4v) is 1.97. The van der Waals surface area contributed by atoms with Gasteiger partial charge in [-0.25, -0.2) is 0 Å². The van der Waals surface area contributed by atoms with E-state index in [0.717, 1.165) is 29.2 Å². The van der Waals surface area contributed by atoms with Crippen LogP contribution in [0.4, 0.5) is 0 Å². The molecule has 0 bridgehead atoms. The van der Waals surface area contributed by atoms with Gasteiger partial charge in [-0.1, -0.05) is 12.1 Å². The van der Waals surface area contributed by atoms with E-state index in [1.807, 2.05) is 35.9 Å². The summed E-state index contributed by atoms with van der Waals surface area (Å²) in [5.74, 6) is 0.857. The largest absolute Gasteiger partial charge is 0.496 e. The topological polar surface area (TPSA) is 36.3 Å². The molecule has 4 heteroatoms. The molecule has 0 saturated carbocycles. The molecule has 2 aromatic rings. The first kappa shape index (κ1) is 12.6. The lowest BCUT2D eigenvalue weighted by molar-refractivity contribution is 0.184. The summed E-state index contributed by atoms with van der Waals surface area (Å²) in [7, 11) is 3.38. The van der Waals surface area contributed by atoms with Crippen molar-refractivity contribution in [2.45, 2.75) is 13.5 Å². The Morgan fingerprint density at radius 3 is 2.72 bits per heavy atom. The summed E-state index contributed by atoms with van der Waals surface area (Å²) in [5, 5.41) is 4.48. The number of rotatable bonds is 5. The monoisotopic (exact) mass is 246 g/mol. The Morgan fingerprint density at radius 1 is 1.22 bits per heavy atom. The summed E-state index contributed by atoms with van der Waals surface area (Å²) in [6.45, 7) is 3.36. The van der Waals surface area contributed by atoms with Crippen LogP contribution in [0, 0.1) is 6.92 Å². The van der Waals surface area contributed by atoms with Crippen LogP contribution in [-0.2, 0) is 11.3 Å². The van der Waals surface area contributed by atoms with Crippen LogP contribution in [-0.4, -0.2) is 30.6 Å². The van der Waals surface area contributed by atoms with Gasteiger partial charge in [0.05, 0.1) is 31.6 Å². The molecule has 0 saturated heterocycles. The summed E-state index contributed by atoms with van der Waals surface area (Å²) in [5.41, 5.74) is 3.10. The predicted molar refractivity (Wildman–Crippen MR) is 70.8 cm³/mol. The summed E-state index contributed by atoms with van der Waals surface area (Å²) in [6.07, 6.45) is 0. The van der Waals surface area contributed by atoms with E-state index in [0.29, 0.717) is 6.61 Å². The minimum Gasteiger partial charge on any atom is -0.496 e. The van der Waals surface area contributed by atoms with Crippen LogP contribution in [0.3, 0.4) is 0 Å². The van der Waals surface area contributed by atoms with Crippen LogP contribution in [0.1, 0.15) is 5.69 Å². The standard InChI is InChI=1S/C14H18N2O2/c1-11-10-13(16(15-11)8-9-17-2)12-6-4-5-7-14(12)18-3/h4-7,10H,8-9H2,1-3H3. The van der Waals surface area contributed by atoms with Crippen LogP contribution in [0.5, 0.6) is 5.75 Å². The lowest BCUT2D eigenvalue weighted by Crippen LogP contribution is -2.07. The zero-order valence-corrected chi connectivity index (χ0v) is 11.0. The van der Waals surface area contributed by atoms with Crippen LogP contribution >= 0.6 is 0 Å². The molecule has 0 atom stereocenters. The molecule has 0 aliphatic carbocycles. The third kappa shape index (κ3) is 2.54. The highest BCUT2D eigenvalue weighted by Crippen LogP contribution is 2.29. The highest BCUT2D eigenvalue weighted by Gasteiger charge is 2.11. The van der Waals surface area contributed by atoms with Crippen LogP contribution < -0.4 is 4.74 Å². The number of ether oxygens (including phenoxy) is 2. The Bertz CT molecular complexity index is 520. The molecule has 96 valence electrons. The number of methoxy groups -OCH3 is 2. The van der Waals surface area contributed by atoms with Gasteiger partial charge in [0.1, 0.15) is 5.75 Å². The van der Waals surface area contributed by atoms with Crippen molar-refractivity contribution in [3.8, 4) is 17.0 Å². The number of para-hydroxylation sites is 1. The van der Waals surface area contributed by atoms with Gasteiger partial charge >= 0.3 is 0 Å². The second kappa shape index (κ2) is 5.69. The lowest BCUT2D eigenvalue weighted by Gasteiger charge is -2.10. The second-order valence-electron chi connectivity index (χ2n) is 4.09. The first-order chi connectivity index (χ1) is 8.76. The predicted octanol–water partition coefficient (Wildman–Crippen LogP) is 2.51. The van der Waals surface area contributed by atoms with E-state index in [2.05, 4.69) is 11.2 Å². The molecule has 0 amide bonds. The van der Waals surface area contributed by atoms with E-state index in [4.69, 9.17) is 9.47 Å². The Morgan fingerprint density at radius 2 is 2.00 bits per heavy atom. The molecule has 0 aliphatic heterocycles. The zero-order valence-electron chi connectivity index (χ0n) is 11.0. The molecular formula is C14H18N2O2. The molecule has 1 aromatic heterocycles. The van der Waals surface area contributed by atoms with Gasteiger partial charge in [-0.05, 0) is 25.1 Å². The van der Waals surface area contributed by atoms with Crippen molar-refractivity contribution in [2.24, 2.45) is 0 Å². The summed E-state index contributed by atoms with van der Waals surface area (Å²) < 4.78 is 12.5. The number of hydrogen-bond acceptors (Lipinski definition) is 3. The van der Waals surface area contributed by atoms with E-state index < -0.39 is 0 Å².